The Hall–Kier alpha value is -2.41. The van der Waals surface area contributed by atoms with E-state index in [-0.39, 0.29) is 22.4 Å². The van der Waals surface area contributed by atoms with E-state index in [0.29, 0.717) is 5.75 Å². The van der Waals surface area contributed by atoms with Gasteiger partial charge in [-0.05, 0) is 12.1 Å². The second kappa shape index (κ2) is 5.49. The number of benzene rings is 1. The van der Waals surface area contributed by atoms with Gasteiger partial charge in [0.25, 0.3) is 0 Å². The molecule has 0 bridgehead atoms. The quantitative estimate of drug-likeness (QED) is 0.389. The minimum atomic E-state index is -0.539. The number of ether oxygens (including phenoxy) is 1. The Labute approximate surface area is 112 Å². The fourth-order valence-corrected chi connectivity index (χ4v) is 1.38. The average molecular weight is 283 g/mol. The molecule has 98 valence electrons. The summed E-state index contributed by atoms with van der Waals surface area (Å²) in [5.74, 6) is -0.222. The molecular formula is C11H8ClFN4O2. The van der Waals surface area contributed by atoms with E-state index in [1.807, 2.05) is 0 Å². The van der Waals surface area contributed by atoms with Crippen molar-refractivity contribution in [1.29, 1.82) is 0 Å². The number of aromatic nitrogens is 2. The number of rotatable bonds is 3. The van der Waals surface area contributed by atoms with Crippen molar-refractivity contribution in [3.63, 3.8) is 0 Å². The molecular weight excluding hydrogens is 275 g/mol. The molecule has 0 spiro atoms. The number of oxime groups is 1. The highest BCUT2D eigenvalue weighted by molar-refractivity contribution is 6.30. The smallest absolute Gasteiger partial charge is 0.237 e. The first-order chi connectivity index (χ1) is 9.10. The maximum absolute atomic E-state index is 13.0. The Morgan fingerprint density at radius 1 is 1.37 bits per heavy atom. The SMILES string of the molecule is NC(=NO)c1cnc(Oc2ccc(F)c(Cl)c2)cn1. The van der Waals surface area contributed by atoms with Crippen LogP contribution in [-0.4, -0.2) is 21.0 Å². The lowest BCUT2D eigenvalue weighted by Crippen LogP contribution is -2.15. The summed E-state index contributed by atoms with van der Waals surface area (Å²) in [6, 6.07) is 3.90. The van der Waals surface area contributed by atoms with E-state index in [4.69, 9.17) is 27.3 Å². The van der Waals surface area contributed by atoms with Gasteiger partial charge in [-0.25, -0.2) is 14.4 Å². The first kappa shape index (κ1) is 13.0. The lowest BCUT2D eigenvalue weighted by atomic mass is 10.3. The molecule has 19 heavy (non-hydrogen) atoms. The minimum absolute atomic E-state index is 0.0567. The monoisotopic (exact) mass is 282 g/mol. The standard InChI is InChI=1S/C11H8ClFN4O2/c12-7-3-6(1-2-8(7)13)19-10-5-15-9(4-16-10)11(14)17-18/h1-5,18H,(H2,14,17). The van der Waals surface area contributed by atoms with Gasteiger partial charge in [-0.2, -0.15) is 0 Å². The highest BCUT2D eigenvalue weighted by Gasteiger charge is 2.06. The fraction of sp³-hybridized carbons (Fsp3) is 0. The molecule has 6 nitrogen and oxygen atoms in total. The second-order valence-electron chi connectivity index (χ2n) is 3.40. The Morgan fingerprint density at radius 2 is 2.16 bits per heavy atom. The summed E-state index contributed by atoms with van der Waals surface area (Å²) < 4.78 is 18.3. The van der Waals surface area contributed by atoms with Crippen LogP contribution >= 0.6 is 11.6 Å². The number of nitrogens with two attached hydrogens (primary N) is 1. The topological polar surface area (TPSA) is 93.6 Å². The fourth-order valence-electron chi connectivity index (χ4n) is 1.21. The van der Waals surface area contributed by atoms with Crippen LogP contribution in [0.25, 0.3) is 0 Å². The van der Waals surface area contributed by atoms with Gasteiger partial charge in [-0.15, -0.1) is 0 Å². The second-order valence-corrected chi connectivity index (χ2v) is 3.81. The van der Waals surface area contributed by atoms with Gasteiger partial charge >= 0.3 is 0 Å². The van der Waals surface area contributed by atoms with Crippen LogP contribution in [0.15, 0.2) is 35.7 Å². The van der Waals surface area contributed by atoms with E-state index in [9.17, 15) is 4.39 Å². The highest BCUT2D eigenvalue weighted by Crippen LogP contribution is 2.24. The zero-order valence-corrected chi connectivity index (χ0v) is 10.2. The molecule has 0 unspecified atom stereocenters. The van der Waals surface area contributed by atoms with Gasteiger partial charge < -0.3 is 15.7 Å². The van der Waals surface area contributed by atoms with Crippen LogP contribution in [-0.2, 0) is 0 Å². The van der Waals surface area contributed by atoms with Gasteiger partial charge in [0.2, 0.25) is 5.88 Å². The van der Waals surface area contributed by atoms with E-state index >= 15 is 0 Å². The first-order valence-electron chi connectivity index (χ1n) is 5.03. The molecule has 1 aromatic carbocycles. The van der Waals surface area contributed by atoms with Crippen LogP contribution in [0, 0.1) is 5.82 Å². The van der Waals surface area contributed by atoms with Crippen molar-refractivity contribution in [2.24, 2.45) is 10.9 Å². The summed E-state index contributed by atoms with van der Waals surface area (Å²) in [7, 11) is 0. The number of amidine groups is 1. The van der Waals surface area contributed by atoms with Crippen LogP contribution in [0.1, 0.15) is 5.69 Å². The maximum Gasteiger partial charge on any atom is 0.237 e. The van der Waals surface area contributed by atoms with E-state index < -0.39 is 5.82 Å². The number of nitrogens with zero attached hydrogens (tertiary/aromatic N) is 3. The molecule has 2 aromatic rings. The molecule has 3 N–H and O–H groups in total. The molecule has 0 amide bonds. The van der Waals surface area contributed by atoms with Gasteiger partial charge in [0.05, 0.1) is 17.4 Å². The summed E-state index contributed by atoms with van der Waals surface area (Å²) in [5, 5.41) is 11.2. The molecule has 1 aromatic heterocycles. The van der Waals surface area contributed by atoms with Gasteiger partial charge in [0, 0.05) is 6.07 Å². The van der Waals surface area contributed by atoms with Crippen molar-refractivity contribution in [3.8, 4) is 11.6 Å². The molecule has 0 radical (unpaired) electrons. The Morgan fingerprint density at radius 3 is 2.74 bits per heavy atom. The molecule has 0 atom stereocenters. The van der Waals surface area contributed by atoms with E-state index in [1.54, 1.807) is 0 Å². The van der Waals surface area contributed by atoms with Crippen molar-refractivity contribution < 1.29 is 14.3 Å². The number of hydrogen-bond acceptors (Lipinski definition) is 5. The van der Waals surface area contributed by atoms with Crippen molar-refractivity contribution in [2.75, 3.05) is 0 Å². The highest BCUT2D eigenvalue weighted by atomic mass is 35.5. The average Bonchev–Trinajstić information content (AvgIpc) is 2.43. The Balaban J connectivity index is 2.17. The van der Waals surface area contributed by atoms with Gasteiger partial charge in [0.15, 0.2) is 5.84 Å². The lowest BCUT2D eigenvalue weighted by Gasteiger charge is -2.05. The van der Waals surface area contributed by atoms with Crippen molar-refractivity contribution in [3.05, 3.63) is 47.1 Å². The molecule has 0 saturated heterocycles. The molecule has 0 aliphatic carbocycles. The molecule has 2 rings (SSSR count). The number of hydrogen-bond donors (Lipinski definition) is 2. The summed E-state index contributed by atoms with van der Waals surface area (Å²) in [4.78, 5) is 7.78. The van der Waals surface area contributed by atoms with Crippen molar-refractivity contribution in [2.45, 2.75) is 0 Å². The zero-order chi connectivity index (χ0) is 13.8. The van der Waals surface area contributed by atoms with Crippen LogP contribution in [0.2, 0.25) is 5.02 Å². The molecule has 0 aliphatic heterocycles. The minimum Gasteiger partial charge on any atom is -0.437 e. The summed E-state index contributed by atoms with van der Waals surface area (Å²) in [6.45, 7) is 0. The maximum atomic E-state index is 13.0. The predicted octanol–water partition coefficient (Wildman–Crippen LogP) is 2.16. The predicted molar refractivity (Wildman–Crippen MR) is 66.0 cm³/mol. The van der Waals surface area contributed by atoms with Gasteiger partial charge in [0.1, 0.15) is 17.3 Å². The van der Waals surface area contributed by atoms with Crippen LogP contribution in [0.3, 0.4) is 0 Å². The van der Waals surface area contributed by atoms with Crippen LogP contribution in [0.4, 0.5) is 4.39 Å². The molecule has 8 heteroatoms. The Kier molecular flexibility index (Phi) is 3.76. The van der Waals surface area contributed by atoms with E-state index in [1.165, 1.54) is 30.6 Å². The molecule has 0 aliphatic rings. The largest absolute Gasteiger partial charge is 0.437 e. The third-order valence-corrected chi connectivity index (χ3v) is 2.40. The van der Waals surface area contributed by atoms with Crippen LogP contribution in [0.5, 0.6) is 11.6 Å². The normalized spacial score (nSPS) is 11.4. The first-order valence-corrected chi connectivity index (χ1v) is 5.41. The third-order valence-electron chi connectivity index (χ3n) is 2.11. The number of halogens is 2. The van der Waals surface area contributed by atoms with E-state index in [0.717, 1.165) is 0 Å². The van der Waals surface area contributed by atoms with E-state index in [2.05, 4.69) is 15.1 Å². The van der Waals surface area contributed by atoms with Crippen LogP contribution < -0.4 is 10.5 Å². The van der Waals surface area contributed by atoms with Crippen molar-refractivity contribution >= 4 is 17.4 Å². The molecule has 0 saturated carbocycles. The summed E-state index contributed by atoms with van der Waals surface area (Å²) in [5.41, 5.74) is 5.53. The lowest BCUT2D eigenvalue weighted by molar-refractivity contribution is 0.318. The van der Waals surface area contributed by atoms with Gasteiger partial charge in [-0.3, -0.25) is 0 Å². The summed E-state index contributed by atoms with van der Waals surface area (Å²) in [6.07, 6.45) is 2.56. The third kappa shape index (κ3) is 3.08. The Bertz CT molecular complexity index is 619. The summed E-state index contributed by atoms with van der Waals surface area (Å²) >= 11 is 5.61. The van der Waals surface area contributed by atoms with Gasteiger partial charge in [-0.1, -0.05) is 16.8 Å². The molecule has 1 heterocycles. The van der Waals surface area contributed by atoms with Crippen molar-refractivity contribution in [1.82, 2.24) is 9.97 Å². The molecule has 0 fully saturated rings. The zero-order valence-electron chi connectivity index (χ0n) is 9.42.